The SMILES string of the molecule is CC1(C)C[C@@]2(C=C(C#N)C1=O)CCN(C(=O)CC1CCCC(C(F)(F)F)C1)C2. The maximum absolute atomic E-state index is 13.0. The maximum Gasteiger partial charge on any atom is 0.391 e. The van der Waals surface area contributed by atoms with Crippen molar-refractivity contribution in [1.82, 2.24) is 4.90 Å². The van der Waals surface area contributed by atoms with Crippen LogP contribution in [0.3, 0.4) is 0 Å². The molecule has 7 heteroatoms. The van der Waals surface area contributed by atoms with E-state index in [1.807, 2.05) is 19.9 Å². The number of carbonyl (C=O) groups is 2. The Morgan fingerprint density at radius 3 is 2.71 bits per heavy atom. The summed E-state index contributed by atoms with van der Waals surface area (Å²) < 4.78 is 39.0. The minimum Gasteiger partial charge on any atom is -0.342 e. The summed E-state index contributed by atoms with van der Waals surface area (Å²) in [5, 5.41) is 9.31. The fourth-order valence-corrected chi connectivity index (χ4v) is 5.35. The zero-order chi connectivity index (χ0) is 20.7. The minimum atomic E-state index is -4.18. The molecule has 1 saturated heterocycles. The summed E-state index contributed by atoms with van der Waals surface area (Å²) in [6.45, 7) is 4.60. The van der Waals surface area contributed by atoms with Crippen LogP contribution in [0.1, 0.15) is 58.8 Å². The Morgan fingerprint density at radius 1 is 1.36 bits per heavy atom. The number of ketones is 1. The molecule has 1 spiro atoms. The van der Waals surface area contributed by atoms with Crippen LogP contribution in [0.2, 0.25) is 0 Å². The number of nitrogens with zero attached hydrogens (tertiary/aromatic N) is 2. The van der Waals surface area contributed by atoms with E-state index < -0.39 is 17.5 Å². The van der Waals surface area contributed by atoms with Crippen molar-refractivity contribution < 1.29 is 22.8 Å². The van der Waals surface area contributed by atoms with E-state index in [1.165, 1.54) is 0 Å². The third-order valence-corrected chi connectivity index (χ3v) is 6.67. The standard InChI is InChI=1S/C21H27F3N2O2/c1-19(2)12-20(10-15(11-25)18(19)28)6-7-26(13-20)17(27)9-14-4-3-5-16(8-14)21(22,23)24/h10,14,16H,3-9,12-13H2,1-2H3/t14?,16?,20-/m0/s1. The smallest absolute Gasteiger partial charge is 0.342 e. The Morgan fingerprint density at radius 2 is 2.07 bits per heavy atom. The van der Waals surface area contributed by atoms with Crippen LogP contribution in [-0.2, 0) is 9.59 Å². The van der Waals surface area contributed by atoms with Crippen molar-refractivity contribution in [2.24, 2.45) is 22.7 Å². The lowest BCUT2D eigenvalue weighted by Crippen LogP contribution is -2.41. The number of halogens is 3. The summed E-state index contributed by atoms with van der Waals surface area (Å²) in [4.78, 5) is 26.8. The predicted molar refractivity (Wildman–Crippen MR) is 96.9 cm³/mol. The van der Waals surface area contributed by atoms with Crippen LogP contribution in [0.15, 0.2) is 11.6 Å². The summed E-state index contributed by atoms with van der Waals surface area (Å²) in [6, 6.07) is 1.99. The number of Topliss-reactive ketones (excluding diaryl/α,β-unsaturated/α-hetero) is 1. The summed E-state index contributed by atoms with van der Waals surface area (Å²) >= 11 is 0. The molecule has 0 radical (unpaired) electrons. The second-order valence-corrected chi connectivity index (χ2v) is 9.46. The van der Waals surface area contributed by atoms with Crippen LogP contribution in [-0.4, -0.2) is 35.9 Å². The number of carbonyl (C=O) groups excluding carboxylic acids is 2. The van der Waals surface area contributed by atoms with E-state index in [-0.39, 0.29) is 47.9 Å². The van der Waals surface area contributed by atoms with Gasteiger partial charge in [0.2, 0.25) is 5.91 Å². The molecule has 0 aromatic rings. The monoisotopic (exact) mass is 396 g/mol. The Labute approximate surface area is 163 Å². The number of likely N-dealkylation sites (tertiary alicyclic amines) is 1. The molecule has 3 rings (SSSR count). The first-order valence-electron chi connectivity index (χ1n) is 9.98. The summed E-state index contributed by atoms with van der Waals surface area (Å²) in [7, 11) is 0. The molecule has 2 fully saturated rings. The largest absolute Gasteiger partial charge is 0.391 e. The van der Waals surface area contributed by atoms with Gasteiger partial charge in [-0.15, -0.1) is 0 Å². The van der Waals surface area contributed by atoms with Gasteiger partial charge in [-0.1, -0.05) is 26.3 Å². The van der Waals surface area contributed by atoms with Gasteiger partial charge in [-0.05, 0) is 38.0 Å². The fraction of sp³-hybridized carbons (Fsp3) is 0.762. The lowest BCUT2D eigenvalue weighted by Gasteiger charge is -2.38. The van der Waals surface area contributed by atoms with Crippen molar-refractivity contribution in [3.05, 3.63) is 11.6 Å². The highest BCUT2D eigenvalue weighted by Crippen LogP contribution is 2.48. The number of rotatable bonds is 2. The molecule has 1 saturated carbocycles. The van der Waals surface area contributed by atoms with E-state index in [0.717, 1.165) is 0 Å². The molecule has 3 atom stereocenters. The van der Waals surface area contributed by atoms with Gasteiger partial charge in [-0.2, -0.15) is 18.4 Å². The van der Waals surface area contributed by atoms with Crippen LogP contribution in [0.25, 0.3) is 0 Å². The van der Waals surface area contributed by atoms with E-state index in [1.54, 1.807) is 11.0 Å². The van der Waals surface area contributed by atoms with Crippen LogP contribution in [0, 0.1) is 34.0 Å². The molecule has 0 aromatic carbocycles. The third-order valence-electron chi connectivity index (χ3n) is 6.67. The van der Waals surface area contributed by atoms with Crippen molar-refractivity contribution in [1.29, 1.82) is 5.26 Å². The molecule has 2 aliphatic carbocycles. The van der Waals surface area contributed by atoms with Gasteiger partial charge in [-0.3, -0.25) is 9.59 Å². The molecular weight excluding hydrogens is 369 g/mol. The molecule has 1 aliphatic heterocycles. The maximum atomic E-state index is 13.0. The zero-order valence-electron chi connectivity index (χ0n) is 16.4. The average molecular weight is 396 g/mol. The molecule has 1 heterocycles. The Balaban J connectivity index is 1.65. The Hall–Kier alpha value is -1.84. The van der Waals surface area contributed by atoms with Gasteiger partial charge in [0.1, 0.15) is 6.07 Å². The molecule has 1 amide bonds. The molecular formula is C21H27F3N2O2. The van der Waals surface area contributed by atoms with E-state index in [4.69, 9.17) is 0 Å². The Kier molecular flexibility index (Phi) is 5.37. The first kappa shape index (κ1) is 20.9. The van der Waals surface area contributed by atoms with Crippen LogP contribution >= 0.6 is 0 Å². The molecule has 3 aliphatic rings. The number of hydrogen-bond acceptors (Lipinski definition) is 3. The molecule has 0 N–H and O–H groups in total. The second kappa shape index (κ2) is 7.20. The molecule has 4 nitrogen and oxygen atoms in total. The number of hydrogen-bond donors (Lipinski definition) is 0. The van der Waals surface area contributed by atoms with E-state index >= 15 is 0 Å². The van der Waals surface area contributed by atoms with Gasteiger partial charge in [0.25, 0.3) is 0 Å². The lowest BCUT2D eigenvalue weighted by atomic mass is 9.64. The number of alkyl halides is 3. The number of allylic oxidation sites excluding steroid dienone is 1. The first-order valence-corrected chi connectivity index (χ1v) is 9.98. The number of nitriles is 1. The van der Waals surface area contributed by atoms with Crippen molar-refractivity contribution in [3.8, 4) is 6.07 Å². The van der Waals surface area contributed by atoms with Gasteiger partial charge in [-0.25, -0.2) is 0 Å². The van der Waals surface area contributed by atoms with Crippen molar-refractivity contribution in [2.75, 3.05) is 13.1 Å². The summed E-state index contributed by atoms with van der Waals surface area (Å²) in [5.41, 5.74) is -0.882. The molecule has 0 aromatic heterocycles. The predicted octanol–water partition coefficient (Wildman–Crippen LogP) is 4.41. The van der Waals surface area contributed by atoms with Gasteiger partial charge in [0.15, 0.2) is 5.78 Å². The van der Waals surface area contributed by atoms with E-state index in [0.29, 0.717) is 38.8 Å². The van der Waals surface area contributed by atoms with Crippen LogP contribution in [0.5, 0.6) is 0 Å². The molecule has 28 heavy (non-hydrogen) atoms. The average Bonchev–Trinajstić information content (AvgIpc) is 3.01. The Bertz CT molecular complexity index is 735. The van der Waals surface area contributed by atoms with Crippen molar-refractivity contribution >= 4 is 11.7 Å². The quantitative estimate of drug-likeness (QED) is 0.694. The minimum absolute atomic E-state index is 0.0360. The number of amides is 1. The highest BCUT2D eigenvalue weighted by Gasteiger charge is 2.49. The summed E-state index contributed by atoms with van der Waals surface area (Å²) in [6.07, 6.45) is 0.323. The highest BCUT2D eigenvalue weighted by atomic mass is 19.4. The lowest BCUT2D eigenvalue weighted by molar-refractivity contribution is -0.186. The molecule has 2 unspecified atom stereocenters. The van der Waals surface area contributed by atoms with Gasteiger partial charge in [0.05, 0.1) is 11.5 Å². The first-order chi connectivity index (χ1) is 13.0. The normalized spacial score (nSPS) is 32.9. The fourth-order valence-electron chi connectivity index (χ4n) is 5.35. The third kappa shape index (κ3) is 4.11. The van der Waals surface area contributed by atoms with Crippen LogP contribution in [0.4, 0.5) is 13.2 Å². The van der Waals surface area contributed by atoms with E-state index in [2.05, 4.69) is 0 Å². The van der Waals surface area contributed by atoms with Gasteiger partial charge >= 0.3 is 6.18 Å². The highest BCUT2D eigenvalue weighted by molar-refractivity contribution is 6.03. The summed E-state index contributed by atoms with van der Waals surface area (Å²) in [5.74, 6) is -1.79. The van der Waals surface area contributed by atoms with Crippen molar-refractivity contribution in [2.45, 2.75) is 65.0 Å². The zero-order valence-corrected chi connectivity index (χ0v) is 16.4. The van der Waals surface area contributed by atoms with Gasteiger partial charge < -0.3 is 4.90 Å². The van der Waals surface area contributed by atoms with Crippen LogP contribution < -0.4 is 0 Å². The van der Waals surface area contributed by atoms with Gasteiger partial charge in [0, 0.05) is 30.3 Å². The van der Waals surface area contributed by atoms with Crippen molar-refractivity contribution in [3.63, 3.8) is 0 Å². The molecule has 0 bridgehead atoms. The molecule has 154 valence electrons. The topological polar surface area (TPSA) is 61.2 Å². The second-order valence-electron chi connectivity index (χ2n) is 9.46. The van der Waals surface area contributed by atoms with E-state index in [9.17, 15) is 28.0 Å².